The third kappa shape index (κ3) is 2.31. The summed E-state index contributed by atoms with van der Waals surface area (Å²) >= 11 is 6.75. The minimum Gasteiger partial charge on any atom is -0.375 e. The molecule has 5 atom stereocenters. The van der Waals surface area contributed by atoms with Crippen molar-refractivity contribution in [2.45, 2.75) is 51.6 Å². The minimum atomic E-state index is 0.0147. The Hall–Kier alpha value is -0.570. The van der Waals surface area contributed by atoms with Gasteiger partial charge in [0.25, 0.3) is 0 Å². The highest BCUT2D eigenvalue weighted by Gasteiger charge is 2.41. The number of rotatable bonds is 2. The van der Waals surface area contributed by atoms with E-state index >= 15 is 0 Å². The van der Waals surface area contributed by atoms with Crippen molar-refractivity contribution in [3.8, 4) is 0 Å². The predicted molar refractivity (Wildman–Crippen MR) is 76.2 cm³/mol. The summed E-state index contributed by atoms with van der Waals surface area (Å²) in [5.41, 5.74) is 3.78. The molecule has 2 aliphatic heterocycles. The van der Waals surface area contributed by atoms with E-state index in [9.17, 15) is 0 Å². The molecule has 0 aromatic heterocycles. The molecule has 2 heterocycles. The lowest BCUT2D eigenvalue weighted by molar-refractivity contribution is 0.0508. The molecule has 0 spiro atoms. The van der Waals surface area contributed by atoms with Crippen LogP contribution in [-0.2, 0) is 22.7 Å². The van der Waals surface area contributed by atoms with E-state index < -0.39 is 0 Å². The standard InChI is InChI=1S/C16H21ClO2/c1-9-10(2)19-11(3)15(9)16(17)12-4-5-13-7-18-8-14(13)6-12/h4-6,9-11,15-16H,7-8H2,1-3H3. The molecule has 0 aliphatic carbocycles. The van der Waals surface area contributed by atoms with Gasteiger partial charge in [-0.25, -0.2) is 0 Å². The van der Waals surface area contributed by atoms with Gasteiger partial charge in [-0.3, -0.25) is 0 Å². The highest BCUT2D eigenvalue weighted by atomic mass is 35.5. The van der Waals surface area contributed by atoms with Crippen molar-refractivity contribution in [3.05, 3.63) is 34.9 Å². The molecular weight excluding hydrogens is 260 g/mol. The molecule has 1 fully saturated rings. The lowest BCUT2D eigenvalue weighted by Gasteiger charge is -2.24. The van der Waals surface area contributed by atoms with Gasteiger partial charge in [0.1, 0.15) is 0 Å². The van der Waals surface area contributed by atoms with Crippen LogP contribution >= 0.6 is 11.6 Å². The zero-order valence-corrected chi connectivity index (χ0v) is 12.5. The van der Waals surface area contributed by atoms with Crippen LogP contribution in [0.5, 0.6) is 0 Å². The predicted octanol–water partition coefficient (Wildman–Crippen LogP) is 4.06. The van der Waals surface area contributed by atoms with Gasteiger partial charge in [-0.2, -0.15) is 0 Å². The fourth-order valence-corrected chi connectivity index (χ4v) is 3.95. The quantitative estimate of drug-likeness (QED) is 0.761. The number of ether oxygens (including phenoxy) is 2. The van der Waals surface area contributed by atoms with E-state index in [1.54, 1.807) is 0 Å². The number of hydrogen-bond acceptors (Lipinski definition) is 2. The highest BCUT2D eigenvalue weighted by Crippen LogP contribution is 2.44. The average Bonchev–Trinajstić information content (AvgIpc) is 2.94. The summed E-state index contributed by atoms with van der Waals surface area (Å²) in [6.07, 6.45) is 0.510. The van der Waals surface area contributed by atoms with Crippen molar-refractivity contribution in [1.29, 1.82) is 0 Å². The summed E-state index contributed by atoms with van der Waals surface area (Å²) in [5.74, 6) is 0.860. The van der Waals surface area contributed by atoms with E-state index in [0.29, 0.717) is 17.9 Å². The van der Waals surface area contributed by atoms with E-state index in [1.807, 2.05) is 0 Å². The Bertz CT molecular complexity index is 474. The molecule has 1 aromatic rings. The minimum absolute atomic E-state index is 0.0147. The number of halogens is 1. The van der Waals surface area contributed by atoms with Crippen molar-refractivity contribution in [2.24, 2.45) is 11.8 Å². The Morgan fingerprint density at radius 2 is 1.84 bits per heavy atom. The van der Waals surface area contributed by atoms with Gasteiger partial charge < -0.3 is 9.47 Å². The maximum atomic E-state index is 6.75. The maximum Gasteiger partial charge on any atom is 0.0725 e. The van der Waals surface area contributed by atoms with Crippen LogP contribution in [0.1, 0.15) is 42.8 Å². The van der Waals surface area contributed by atoms with E-state index in [2.05, 4.69) is 39.0 Å². The van der Waals surface area contributed by atoms with Crippen LogP contribution in [0, 0.1) is 11.8 Å². The van der Waals surface area contributed by atoms with Gasteiger partial charge in [-0.15, -0.1) is 11.6 Å². The molecule has 0 saturated carbocycles. The molecule has 104 valence electrons. The monoisotopic (exact) mass is 280 g/mol. The largest absolute Gasteiger partial charge is 0.375 e. The molecule has 0 N–H and O–H groups in total. The van der Waals surface area contributed by atoms with Gasteiger partial charge in [0.15, 0.2) is 0 Å². The van der Waals surface area contributed by atoms with Gasteiger partial charge in [-0.1, -0.05) is 25.1 Å². The molecule has 0 bridgehead atoms. The fourth-order valence-electron chi connectivity index (χ4n) is 3.38. The maximum absolute atomic E-state index is 6.75. The Balaban J connectivity index is 1.85. The normalized spacial score (nSPS) is 35.4. The van der Waals surface area contributed by atoms with E-state index in [1.165, 1.54) is 16.7 Å². The summed E-state index contributed by atoms with van der Waals surface area (Å²) in [6.45, 7) is 7.97. The fraction of sp³-hybridized carbons (Fsp3) is 0.625. The molecule has 1 aromatic carbocycles. The van der Waals surface area contributed by atoms with Crippen LogP contribution < -0.4 is 0 Å². The Labute approximate surface area is 120 Å². The first-order chi connectivity index (χ1) is 9.08. The summed E-state index contributed by atoms with van der Waals surface area (Å²) in [5, 5.41) is 0.0147. The summed E-state index contributed by atoms with van der Waals surface area (Å²) in [6, 6.07) is 6.51. The second-order valence-electron chi connectivity index (χ2n) is 5.91. The summed E-state index contributed by atoms with van der Waals surface area (Å²) < 4.78 is 11.4. The Kier molecular flexibility index (Phi) is 3.59. The van der Waals surface area contributed by atoms with Crippen LogP contribution in [0.15, 0.2) is 18.2 Å². The molecule has 2 nitrogen and oxygen atoms in total. The second kappa shape index (κ2) is 5.08. The van der Waals surface area contributed by atoms with Crippen molar-refractivity contribution < 1.29 is 9.47 Å². The molecule has 3 heteroatoms. The summed E-state index contributed by atoms with van der Waals surface area (Å²) in [4.78, 5) is 0. The smallest absolute Gasteiger partial charge is 0.0725 e. The number of hydrogen-bond donors (Lipinski definition) is 0. The SMILES string of the molecule is CC1OC(C)C(C(Cl)c2ccc3c(c2)COC3)C1C. The second-order valence-corrected chi connectivity index (χ2v) is 6.38. The Morgan fingerprint density at radius 3 is 2.53 bits per heavy atom. The molecule has 19 heavy (non-hydrogen) atoms. The molecule has 2 aliphatic rings. The number of alkyl halides is 1. The topological polar surface area (TPSA) is 18.5 Å². The molecule has 0 amide bonds. The number of benzene rings is 1. The number of fused-ring (bicyclic) bond motifs is 1. The van der Waals surface area contributed by atoms with Crippen LogP contribution in [0.25, 0.3) is 0 Å². The zero-order valence-electron chi connectivity index (χ0n) is 11.7. The molecular formula is C16H21ClO2. The van der Waals surface area contributed by atoms with Crippen molar-refractivity contribution in [3.63, 3.8) is 0 Å². The first-order valence-corrected chi connectivity index (χ1v) is 7.50. The van der Waals surface area contributed by atoms with Crippen LogP contribution in [0.2, 0.25) is 0 Å². The lowest BCUT2D eigenvalue weighted by Crippen LogP contribution is -2.22. The summed E-state index contributed by atoms with van der Waals surface area (Å²) in [7, 11) is 0. The van der Waals surface area contributed by atoms with Crippen LogP contribution in [0.3, 0.4) is 0 Å². The van der Waals surface area contributed by atoms with Gasteiger partial charge in [0.2, 0.25) is 0 Å². The van der Waals surface area contributed by atoms with Gasteiger partial charge in [0.05, 0.1) is 30.8 Å². The van der Waals surface area contributed by atoms with Crippen LogP contribution in [0.4, 0.5) is 0 Å². The van der Waals surface area contributed by atoms with E-state index in [-0.39, 0.29) is 11.5 Å². The molecule has 3 rings (SSSR count). The zero-order chi connectivity index (χ0) is 13.6. The van der Waals surface area contributed by atoms with E-state index in [4.69, 9.17) is 21.1 Å². The first-order valence-electron chi connectivity index (χ1n) is 7.07. The Morgan fingerprint density at radius 1 is 1.11 bits per heavy atom. The first kappa shape index (κ1) is 13.4. The van der Waals surface area contributed by atoms with Gasteiger partial charge in [0, 0.05) is 5.92 Å². The molecule has 1 saturated heterocycles. The van der Waals surface area contributed by atoms with E-state index in [0.717, 1.165) is 13.2 Å². The molecule has 5 unspecified atom stereocenters. The van der Waals surface area contributed by atoms with Crippen molar-refractivity contribution in [1.82, 2.24) is 0 Å². The molecule has 0 radical (unpaired) electrons. The third-order valence-corrected chi connectivity index (χ3v) is 5.26. The lowest BCUT2D eigenvalue weighted by atomic mass is 9.83. The third-order valence-electron chi connectivity index (χ3n) is 4.72. The average molecular weight is 281 g/mol. The van der Waals surface area contributed by atoms with Crippen molar-refractivity contribution >= 4 is 11.6 Å². The van der Waals surface area contributed by atoms with Gasteiger partial charge in [-0.05, 0) is 36.5 Å². The van der Waals surface area contributed by atoms with Crippen molar-refractivity contribution in [2.75, 3.05) is 0 Å². The van der Waals surface area contributed by atoms with Gasteiger partial charge >= 0.3 is 0 Å². The highest BCUT2D eigenvalue weighted by molar-refractivity contribution is 6.21. The van der Waals surface area contributed by atoms with Crippen LogP contribution in [-0.4, -0.2) is 12.2 Å².